The largest absolute Gasteiger partial charge is 0.369 e. The van der Waals surface area contributed by atoms with Crippen molar-refractivity contribution in [3.05, 3.63) is 29.8 Å². The van der Waals surface area contributed by atoms with Crippen molar-refractivity contribution < 1.29 is 0 Å². The number of nitriles is 1. The van der Waals surface area contributed by atoms with Gasteiger partial charge in [0.1, 0.15) is 0 Å². The molecule has 0 unspecified atom stereocenters. The van der Waals surface area contributed by atoms with Crippen LogP contribution < -0.4 is 4.90 Å². The fourth-order valence-corrected chi connectivity index (χ4v) is 2.51. The summed E-state index contributed by atoms with van der Waals surface area (Å²) in [4.78, 5) is 4.81. The van der Waals surface area contributed by atoms with E-state index in [0.717, 1.165) is 32.7 Å². The Morgan fingerprint density at radius 3 is 2.26 bits per heavy atom. The van der Waals surface area contributed by atoms with E-state index in [-0.39, 0.29) is 0 Å². The van der Waals surface area contributed by atoms with Gasteiger partial charge in [0, 0.05) is 44.8 Å². The van der Waals surface area contributed by atoms with E-state index in [9.17, 15) is 0 Å². The van der Waals surface area contributed by atoms with Gasteiger partial charge in [-0.1, -0.05) is 26.0 Å². The Kier molecular flexibility index (Phi) is 4.81. The fourth-order valence-electron chi connectivity index (χ4n) is 2.51. The fraction of sp³-hybridized carbons (Fsp3) is 0.562. The lowest BCUT2D eigenvalue weighted by Gasteiger charge is -2.35. The van der Waals surface area contributed by atoms with Gasteiger partial charge >= 0.3 is 0 Å². The number of anilines is 1. The van der Waals surface area contributed by atoms with Crippen LogP contribution in [0.25, 0.3) is 0 Å². The van der Waals surface area contributed by atoms with Crippen molar-refractivity contribution in [2.24, 2.45) is 0 Å². The van der Waals surface area contributed by atoms with Crippen molar-refractivity contribution in [1.29, 1.82) is 5.26 Å². The highest BCUT2D eigenvalue weighted by Gasteiger charge is 2.16. The van der Waals surface area contributed by atoms with Crippen LogP contribution in [0.2, 0.25) is 0 Å². The molecule has 1 aromatic rings. The Bertz CT molecular complexity index is 422. The van der Waals surface area contributed by atoms with E-state index in [0.29, 0.717) is 12.3 Å². The van der Waals surface area contributed by atoms with E-state index in [1.54, 1.807) is 0 Å². The van der Waals surface area contributed by atoms with Crippen LogP contribution in [0.4, 0.5) is 5.69 Å². The smallest absolute Gasteiger partial charge is 0.0635 e. The van der Waals surface area contributed by atoms with Crippen LogP contribution >= 0.6 is 0 Å². The summed E-state index contributed by atoms with van der Waals surface area (Å²) in [5, 5.41) is 8.61. The molecule has 1 aliphatic rings. The van der Waals surface area contributed by atoms with Crippen molar-refractivity contribution in [3.8, 4) is 6.07 Å². The third-order valence-electron chi connectivity index (χ3n) is 3.84. The third kappa shape index (κ3) is 3.71. The number of hydrogen-bond acceptors (Lipinski definition) is 3. The van der Waals surface area contributed by atoms with Gasteiger partial charge in [0.25, 0.3) is 0 Å². The first-order valence-corrected chi connectivity index (χ1v) is 7.15. The molecular formula is C16H23N3. The Balaban J connectivity index is 1.89. The maximum absolute atomic E-state index is 8.61. The van der Waals surface area contributed by atoms with Crippen molar-refractivity contribution in [2.75, 3.05) is 37.6 Å². The highest BCUT2D eigenvalue weighted by molar-refractivity contribution is 5.48. The predicted octanol–water partition coefficient (Wildman–Crippen LogP) is 2.85. The molecule has 0 N–H and O–H groups in total. The monoisotopic (exact) mass is 257 g/mol. The summed E-state index contributed by atoms with van der Waals surface area (Å²) in [5.74, 6) is 0.594. The lowest BCUT2D eigenvalue weighted by molar-refractivity contribution is 0.263. The molecule has 3 heteroatoms. The van der Waals surface area contributed by atoms with Gasteiger partial charge in [-0.25, -0.2) is 0 Å². The molecule has 0 aromatic heterocycles. The number of nitrogens with zero attached hydrogens (tertiary/aromatic N) is 3. The third-order valence-corrected chi connectivity index (χ3v) is 3.84. The van der Waals surface area contributed by atoms with Gasteiger partial charge in [-0.15, -0.1) is 0 Å². The second-order valence-corrected chi connectivity index (χ2v) is 5.48. The molecule has 0 saturated carbocycles. The first-order valence-electron chi connectivity index (χ1n) is 7.15. The minimum absolute atomic E-state index is 0.594. The molecule has 0 radical (unpaired) electrons. The first-order chi connectivity index (χ1) is 9.20. The van der Waals surface area contributed by atoms with Gasteiger partial charge in [-0.2, -0.15) is 5.26 Å². The first kappa shape index (κ1) is 13.9. The average molecular weight is 257 g/mol. The zero-order valence-corrected chi connectivity index (χ0v) is 12.0. The van der Waals surface area contributed by atoms with Crippen molar-refractivity contribution >= 4 is 5.69 Å². The minimum Gasteiger partial charge on any atom is -0.369 e. The van der Waals surface area contributed by atoms with Crippen LogP contribution in [-0.4, -0.2) is 37.6 Å². The van der Waals surface area contributed by atoms with Gasteiger partial charge in [-0.3, -0.25) is 4.90 Å². The van der Waals surface area contributed by atoms with E-state index in [4.69, 9.17) is 5.26 Å². The summed E-state index contributed by atoms with van der Waals surface area (Å²) >= 11 is 0. The summed E-state index contributed by atoms with van der Waals surface area (Å²) in [6.45, 7) is 9.61. The number of hydrogen-bond donors (Lipinski definition) is 0. The molecular weight excluding hydrogens is 234 g/mol. The van der Waals surface area contributed by atoms with Gasteiger partial charge in [0.2, 0.25) is 0 Å². The molecule has 19 heavy (non-hydrogen) atoms. The van der Waals surface area contributed by atoms with Crippen LogP contribution in [-0.2, 0) is 0 Å². The number of rotatable bonds is 4. The van der Waals surface area contributed by atoms with E-state index in [1.807, 2.05) is 0 Å². The Morgan fingerprint density at radius 2 is 1.74 bits per heavy atom. The highest BCUT2D eigenvalue weighted by atomic mass is 15.3. The summed E-state index contributed by atoms with van der Waals surface area (Å²) in [7, 11) is 0. The summed E-state index contributed by atoms with van der Waals surface area (Å²) < 4.78 is 0. The van der Waals surface area contributed by atoms with Crippen LogP contribution in [0.15, 0.2) is 24.3 Å². The molecule has 0 aliphatic carbocycles. The van der Waals surface area contributed by atoms with Gasteiger partial charge in [0.05, 0.1) is 6.07 Å². The van der Waals surface area contributed by atoms with E-state index >= 15 is 0 Å². The SMILES string of the molecule is CC(C)c1ccc(N2CCN(CCC#N)CC2)cc1. The zero-order chi connectivity index (χ0) is 13.7. The molecule has 1 aliphatic heterocycles. The lowest BCUT2D eigenvalue weighted by atomic mass is 10.0. The molecule has 102 valence electrons. The van der Waals surface area contributed by atoms with Crippen molar-refractivity contribution in [3.63, 3.8) is 0 Å². The summed E-state index contributed by atoms with van der Waals surface area (Å²) in [5.41, 5.74) is 2.72. The van der Waals surface area contributed by atoms with E-state index in [1.165, 1.54) is 11.3 Å². The number of piperazine rings is 1. The van der Waals surface area contributed by atoms with Crippen LogP contribution in [0.1, 0.15) is 31.7 Å². The standard InChI is InChI=1S/C16H23N3/c1-14(2)15-4-6-16(7-5-15)19-12-10-18(11-13-19)9-3-8-17/h4-7,14H,3,9-13H2,1-2H3. The topological polar surface area (TPSA) is 30.3 Å². The van der Waals surface area contributed by atoms with Crippen LogP contribution in [0.3, 0.4) is 0 Å². The maximum atomic E-state index is 8.61. The molecule has 2 rings (SSSR count). The van der Waals surface area contributed by atoms with E-state index < -0.39 is 0 Å². The minimum atomic E-state index is 0.594. The second kappa shape index (κ2) is 6.58. The Labute approximate surface area is 116 Å². The Hall–Kier alpha value is -1.53. The summed E-state index contributed by atoms with van der Waals surface area (Å²) in [6, 6.07) is 11.2. The molecule has 0 amide bonds. The quantitative estimate of drug-likeness (QED) is 0.831. The van der Waals surface area contributed by atoms with Crippen LogP contribution in [0, 0.1) is 11.3 Å². The molecule has 3 nitrogen and oxygen atoms in total. The highest BCUT2D eigenvalue weighted by Crippen LogP contribution is 2.21. The maximum Gasteiger partial charge on any atom is 0.0635 e. The Morgan fingerprint density at radius 1 is 1.11 bits per heavy atom. The average Bonchev–Trinajstić information content (AvgIpc) is 2.46. The lowest BCUT2D eigenvalue weighted by Crippen LogP contribution is -2.46. The molecule has 1 saturated heterocycles. The normalized spacial score (nSPS) is 16.6. The molecule has 1 aromatic carbocycles. The molecule has 1 fully saturated rings. The van der Waals surface area contributed by atoms with Crippen molar-refractivity contribution in [1.82, 2.24) is 4.90 Å². The van der Waals surface area contributed by atoms with Crippen LogP contribution in [0.5, 0.6) is 0 Å². The number of benzene rings is 1. The van der Waals surface area contributed by atoms with Crippen molar-refractivity contribution in [2.45, 2.75) is 26.2 Å². The van der Waals surface area contributed by atoms with Gasteiger partial charge < -0.3 is 4.90 Å². The molecule has 1 heterocycles. The molecule has 0 bridgehead atoms. The van der Waals surface area contributed by atoms with Gasteiger partial charge in [0.15, 0.2) is 0 Å². The van der Waals surface area contributed by atoms with Gasteiger partial charge in [-0.05, 0) is 23.6 Å². The molecule has 0 atom stereocenters. The predicted molar refractivity (Wildman–Crippen MR) is 79.4 cm³/mol. The zero-order valence-electron chi connectivity index (χ0n) is 12.0. The second-order valence-electron chi connectivity index (χ2n) is 5.48. The molecule has 0 spiro atoms. The summed E-state index contributed by atoms with van der Waals surface area (Å²) in [6.07, 6.45) is 0.642. The van der Waals surface area contributed by atoms with E-state index in [2.05, 4.69) is 54.0 Å².